The summed E-state index contributed by atoms with van der Waals surface area (Å²) in [5.74, 6) is 2.95. The molecule has 0 spiro atoms. The Bertz CT molecular complexity index is 523. The van der Waals surface area contributed by atoms with Crippen molar-refractivity contribution in [1.82, 2.24) is 20.0 Å². The number of aryl methyl sites for hydroxylation is 3. The first kappa shape index (κ1) is 18.2. The largest absolute Gasteiger partial charge is 0.356 e. The van der Waals surface area contributed by atoms with Crippen LogP contribution in [0.25, 0.3) is 0 Å². The third-order valence-electron chi connectivity index (χ3n) is 4.28. The molecule has 130 valence electrons. The fourth-order valence-electron chi connectivity index (χ4n) is 2.93. The van der Waals surface area contributed by atoms with Gasteiger partial charge in [0.1, 0.15) is 0 Å². The van der Waals surface area contributed by atoms with E-state index < -0.39 is 0 Å². The van der Waals surface area contributed by atoms with Gasteiger partial charge in [-0.2, -0.15) is 16.9 Å². The van der Waals surface area contributed by atoms with Crippen LogP contribution in [0.3, 0.4) is 0 Å². The second-order valence-electron chi connectivity index (χ2n) is 6.58. The Morgan fingerprint density at radius 3 is 2.87 bits per heavy atom. The summed E-state index contributed by atoms with van der Waals surface area (Å²) in [5.41, 5.74) is 2.33. The first-order valence-electron chi connectivity index (χ1n) is 8.59. The number of aromatic nitrogens is 2. The Labute approximate surface area is 144 Å². The summed E-state index contributed by atoms with van der Waals surface area (Å²) in [7, 11) is 1.88. The second kappa shape index (κ2) is 8.62. The molecule has 1 aromatic heterocycles. The van der Waals surface area contributed by atoms with Crippen LogP contribution in [0.2, 0.25) is 0 Å². The Morgan fingerprint density at radius 1 is 1.48 bits per heavy atom. The number of hydrogen-bond acceptors (Lipinski definition) is 3. The summed E-state index contributed by atoms with van der Waals surface area (Å²) in [6, 6.07) is 2.13. The van der Waals surface area contributed by atoms with Crippen LogP contribution in [0.15, 0.2) is 11.1 Å². The lowest BCUT2D eigenvalue weighted by atomic mass is 10.1. The molecule has 6 heteroatoms. The Hall–Kier alpha value is -1.17. The van der Waals surface area contributed by atoms with Crippen LogP contribution in [0.5, 0.6) is 0 Å². The molecule has 1 N–H and O–H groups in total. The van der Waals surface area contributed by atoms with E-state index in [2.05, 4.69) is 63.6 Å². The lowest BCUT2D eigenvalue weighted by Crippen LogP contribution is -2.49. The Balaban J connectivity index is 1.78. The normalized spacial score (nSPS) is 19.5. The van der Waals surface area contributed by atoms with E-state index in [4.69, 9.17) is 0 Å². The average Bonchev–Trinajstić information content (AvgIpc) is 2.85. The number of guanidine groups is 1. The lowest BCUT2D eigenvalue weighted by Gasteiger charge is -2.36. The zero-order valence-corrected chi connectivity index (χ0v) is 16.0. The van der Waals surface area contributed by atoms with E-state index in [9.17, 15) is 0 Å². The van der Waals surface area contributed by atoms with Crippen molar-refractivity contribution in [3.63, 3.8) is 0 Å². The van der Waals surface area contributed by atoms with Crippen LogP contribution < -0.4 is 5.32 Å². The van der Waals surface area contributed by atoms with Gasteiger partial charge in [0.2, 0.25) is 0 Å². The second-order valence-corrected chi connectivity index (χ2v) is 7.92. The first-order valence-corrected chi connectivity index (χ1v) is 9.64. The predicted octanol–water partition coefficient (Wildman–Crippen LogP) is 2.54. The molecule has 0 aliphatic carbocycles. The van der Waals surface area contributed by atoms with E-state index in [0.29, 0.717) is 11.2 Å². The standard InChI is InChI=1S/C17H31N5S/c1-13(2)16-12-21(9-10-23-16)17(18-5)19-7-6-8-22-15(4)11-14(3)20-22/h11,13,16H,6-10,12H2,1-5H3,(H,18,19). The highest BCUT2D eigenvalue weighted by molar-refractivity contribution is 8.00. The van der Waals surface area contributed by atoms with Gasteiger partial charge in [0.25, 0.3) is 0 Å². The quantitative estimate of drug-likeness (QED) is 0.509. The molecule has 2 heterocycles. The number of nitrogens with zero attached hydrogens (tertiary/aromatic N) is 4. The number of nitrogens with one attached hydrogen (secondary N) is 1. The van der Waals surface area contributed by atoms with Crippen LogP contribution in [0.4, 0.5) is 0 Å². The van der Waals surface area contributed by atoms with E-state index >= 15 is 0 Å². The summed E-state index contributed by atoms with van der Waals surface area (Å²) >= 11 is 2.10. The molecular weight excluding hydrogens is 306 g/mol. The SMILES string of the molecule is CN=C(NCCCn1nc(C)cc1C)N1CCSC(C(C)C)C1. The van der Waals surface area contributed by atoms with Crippen molar-refractivity contribution in [3.8, 4) is 0 Å². The van der Waals surface area contributed by atoms with Crippen LogP contribution in [0, 0.1) is 19.8 Å². The van der Waals surface area contributed by atoms with Crippen molar-refractivity contribution < 1.29 is 0 Å². The number of aliphatic imine (C=N–C) groups is 1. The molecule has 0 bridgehead atoms. The van der Waals surface area contributed by atoms with E-state index in [1.807, 2.05) is 14.0 Å². The van der Waals surface area contributed by atoms with Crippen molar-refractivity contribution in [1.29, 1.82) is 0 Å². The van der Waals surface area contributed by atoms with Gasteiger partial charge in [0.05, 0.1) is 5.69 Å². The zero-order chi connectivity index (χ0) is 16.8. The summed E-state index contributed by atoms with van der Waals surface area (Å²) < 4.78 is 2.09. The summed E-state index contributed by atoms with van der Waals surface area (Å²) in [5, 5.41) is 8.74. The molecule has 0 aromatic carbocycles. The maximum absolute atomic E-state index is 4.51. The maximum atomic E-state index is 4.51. The van der Waals surface area contributed by atoms with Crippen molar-refractivity contribution in [2.45, 2.75) is 45.9 Å². The van der Waals surface area contributed by atoms with Crippen molar-refractivity contribution in [3.05, 3.63) is 17.5 Å². The molecule has 1 unspecified atom stereocenters. The number of hydrogen-bond donors (Lipinski definition) is 1. The van der Waals surface area contributed by atoms with Crippen molar-refractivity contribution in [2.75, 3.05) is 32.4 Å². The minimum absolute atomic E-state index is 0.706. The third kappa shape index (κ3) is 5.16. The number of thioether (sulfide) groups is 1. The molecule has 23 heavy (non-hydrogen) atoms. The molecular formula is C17H31N5S. The van der Waals surface area contributed by atoms with Crippen LogP contribution in [-0.4, -0.2) is 58.3 Å². The van der Waals surface area contributed by atoms with E-state index in [0.717, 1.165) is 44.3 Å². The van der Waals surface area contributed by atoms with Crippen molar-refractivity contribution >= 4 is 17.7 Å². The third-order valence-corrected chi connectivity index (χ3v) is 5.82. The molecule has 1 aromatic rings. The fourth-order valence-corrected chi connectivity index (χ4v) is 4.23. The zero-order valence-electron chi connectivity index (χ0n) is 15.2. The highest BCUT2D eigenvalue weighted by Crippen LogP contribution is 2.24. The molecule has 1 fully saturated rings. The molecule has 5 nitrogen and oxygen atoms in total. The lowest BCUT2D eigenvalue weighted by molar-refractivity contribution is 0.380. The van der Waals surface area contributed by atoms with Gasteiger partial charge in [-0.25, -0.2) is 0 Å². The van der Waals surface area contributed by atoms with Gasteiger partial charge in [-0.1, -0.05) is 13.8 Å². The molecule has 0 radical (unpaired) electrons. The highest BCUT2D eigenvalue weighted by atomic mass is 32.2. The van der Waals surface area contributed by atoms with Gasteiger partial charge in [0.15, 0.2) is 5.96 Å². The minimum atomic E-state index is 0.706. The summed E-state index contributed by atoms with van der Waals surface area (Å²) in [6.07, 6.45) is 1.05. The van der Waals surface area contributed by atoms with Gasteiger partial charge >= 0.3 is 0 Å². The molecule has 1 aliphatic rings. The predicted molar refractivity (Wildman–Crippen MR) is 100 cm³/mol. The molecule has 2 rings (SSSR count). The molecule has 1 atom stereocenters. The van der Waals surface area contributed by atoms with Gasteiger partial charge < -0.3 is 10.2 Å². The van der Waals surface area contributed by atoms with Crippen LogP contribution >= 0.6 is 11.8 Å². The smallest absolute Gasteiger partial charge is 0.193 e. The maximum Gasteiger partial charge on any atom is 0.193 e. The molecule has 1 aliphatic heterocycles. The molecule has 0 amide bonds. The van der Waals surface area contributed by atoms with Gasteiger partial charge in [-0.05, 0) is 32.3 Å². The molecule has 0 saturated carbocycles. The Kier molecular flexibility index (Phi) is 6.81. The van der Waals surface area contributed by atoms with E-state index in [1.54, 1.807) is 0 Å². The van der Waals surface area contributed by atoms with Crippen LogP contribution in [0.1, 0.15) is 31.7 Å². The Morgan fingerprint density at radius 2 is 2.26 bits per heavy atom. The monoisotopic (exact) mass is 337 g/mol. The molecule has 1 saturated heterocycles. The van der Waals surface area contributed by atoms with Gasteiger partial charge in [-0.3, -0.25) is 9.67 Å². The number of rotatable bonds is 5. The summed E-state index contributed by atoms with van der Waals surface area (Å²) in [6.45, 7) is 12.9. The first-order chi connectivity index (χ1) is 11.0. The van der Waals surface area contributed by atoms with Crippen molar-refractivity contribution in [2.24, 2.45) is 10.9 Å². The highest BCUT2D eigenvalue weighted by Gasteiger charge is 2.24. The van der Waals surface area contributed by atoms with Gasteiger partial charge in [-0.15, -0.1) is 0 Å². The van der Waals surface area contributed by atoms with E-state index in [-0.39, 0.29) is 0 Å². The minimum Gasteiger partial charge on any atom is -0.356 e. The van der Waals surface area contributed by atoms with Crippen LogP contribution in [-0.2, 0) is 6.54 Å². The van der Waals surface area contributed by atoms with Gasteiger partial charge in [0, 0.05) is 49.9 Å². The summed E-state index contributed by atoms with van der Waals surface area (Å²) in [4.78, 5) is 6.88. The average molecular weight is 338 g/mol. The van der Waals surface area contributed by atoms with E-state index in [1.165, 1.54) is 11.4 Å². The fraction of sp³-hybridized carbons (Fsp3) is 0.765. The topological polar surface area (TPSA) is 45.5 Å².